The van der Waals surface area contributed by atoms with Crippen LogP contribution in [0.4, 0.5) is 0 Å². The van der Waals surface area contributed by atoms with Crippen molar-refractivity contribution in [2.45, 2.75) is 64.1 Å². The highest BCUT2D eigenvalue weighted by Crippen LogP contribution is 2.43. The SMILES string of the molecule is CCCCc1nc(C#N)c(C(C)(O)CC)n1Cc1ccc(-c2ccccc2-c2nnnn2C(c2ccccc2)(c2ccccc2)c2ccccc2)cc1. The molecule has 7 aromatic rings. The largest absolute Gasteiger partial charge is 0.384 e. The van der Waals surface area contributed by atoms with Crippen molar-refractivity contribution < 1.29 is 5.11 Å². The predicted molar refractivity (Wildman–Crippen MR) is 208 cm³/mol. The fourth-order valence-corrected chi connectivity index (χ4v) is 7.37. The van der Waals surface area contributed by atoms with E-state index in [9.17, 15) is 10.4 Å². The maximum Gasteiger partial charge on any atom is 0.184 e. The van der Waals surface area contributed by atoms with Gasteiger partial charge in [-0.25, -0.2) is 9.67 Å². The summed E-state index contributed by atoms with van der Waals surface area (Å²) in [6.07, 6.45) is 3.16. The minimum absolute atomic E-state index is 0.295. The van der Waals surface area contributed by atoms with Crippen molar-refractivity contribution in [3.05, 3.63) is 179 Å². The van der Waals surface area contributed by atoms with Crippen molar-refractivity contribution in [3.8, 4) is 28.6 Å². The first kappa shape index (κ1) is 35.2. The summed E-state index contributed by atoms with van der Waals surface area (Å²) in [6, 6.07) is 50.1. The molecule has 0 spiro atoms. The molecule has 8 heteroatoms. The van der Waals surface area contributed by atoms with Gasteiger partial charge in [0.25, 0.3) is 0 Å². The van der Waals surface area contributed by atoms with Crippen LogP contribution in [0.3, 0.4) is 0 Å². The van der Waals surface area contributed by atoms with Gasteiger partial charge in [-0.2, -0.15) is 5.26 Å². The van der Waals surface area contributed by atoms with E-state index in [2.05, 4.69) is 127 Å². The highest BCUT2D eigenvalue weighted by molar-refractivity contribution is 5.81. The summed E-state index contributed by atoms with van der Waals surface area (Å²) in [5.74, 6) is 1.46. The molecule has 0 bridgehead atoms. The number of aromatic nitrogens is 6. The Morgan fingerprint density at radius 2 is 1.26 bits per heavy atom. The van der Waals surface area contributed by atoms with E-state index in [1.54, 1.807) is 6.92 Å². The third kappa shape index (κ3) is 6.56. The Balaban J connectivity index is 1.33. The van der Waals surface area contributed by atoms with Gasteiger partial charge in [0.05, 0.1) is 5.69 Å². The molecule has 7 rings (SSSR count). The lowest BCUT2D eigenvalue weighted by Crippen LogP contribution is -2.39. The fourth-order valence-electron chi connectivity index (χ4n) is 7.37. The fraction of sp³-hybridized carbons (Fsp3) is 0.222. The molecule has 0 saturated heterocycles. The molecule has 0 radical (unpaired) electrons. The number of aliphatic hydroxyl groups is 1. The van der Waals surface area contributed by atoms with Gasteiger partial charge >= 0.3 is 0 Å². The molecule has 53 heavy (non-hydrogen) atoms. The predicted octanol–water partition coefficient (Wildman–Crippen LogP) is 8.92. The second-order valence-corrected chi connectivity index (χ2v) is 13.6. The van der Waals surface area contributed by atoms with Gasteiger partial charge in [0.15, 0.2) is 11.5 Å². The molecule has 1 N–H and O–H groups in total. The average Bonchev–Trinajstić information content (AvgIpc) is 3.84. The molecule has 0 fully saturated rings. The van der Waals surface area contributed by atoms with E-state index < -0.39 is 11.1 Å². The second-order valence-electron chi connectivity index (χ2n) is 13.6. The Morgan fingerprint density at radius 3 is 1.79 bits per heavy atom. The molecule has 264 valence electrons. The number of imidazole rings is 1. The minimum atomic E-state index is -1.18. The molecule has 0 aliphatic rings. The molecule has 1 atom stereocenters. The highest BCUT2D eigenvalue weighted by atomic mass is 16.3. The number of hydrogen-bond acceptors (Lipinski definition) is 6. The Hall–Kier alpha value is -6.17. The van der Waals surface area contributed by atoms with Gasteiger partial charge in [-0.1, -0.05) is 160 Å². The van der Waals surface area contributed by atoms with E-state index in [4.69, 9.17) is 15.3 Å². The minimum Gasteiger partial charge on any atom is -0.384 e. The van der Waals surface area contributed by atoms with Crippen molar-refractivity contribution in [2.24, 2.45) is 0 Å². The first-order valence-corrected chi connectivity index (χ1v) is 18.3. The molecule has 0 saturated carbocycles. The molecular weight excluding hydrogens is 655 g/mol. The van der Waals surface area contributed by atoms with Crippen LogP contribution in [0.2, 0.25) is 0 Å². The Bertz CT molecular complexity index is 2220. The van der Waals surface area contributed by atoms with E-state index in [0.29, 0.717) is 30.2 Å². The third-order valence-electron chi connectivity index (χ3n) is 10.2. The van der Waals surface area contributed by atoms with Crippen molar-refractivity contribution in [1.29, 1.82) is 5.26 Å². The van der Waals surface area contributed by atoms with E-state index in [0.717, 1.165) is 64.0 Å². The van der Waals surface area contributed by atoms with Crippen LogP contribution in [0, 0.1) is 11.3 Å². The first-order chi connectivity index (χ1) is 25.9. The summed E-state index contributed by atoms with van der Waals surface area (Å²) in [6.45, 7) is 6.33. The molecule has 1 unspecified atom stereocenters. The van der Waals surface area contributed by atoms with Crippen LogP contribution in [0.25, 0.3) is 22.5 Å². The zero-order valence-electron chi connectivity index (χ0n) is 30.4. The molecule has 8 nitrogen and oxygen atoms in total. The van der Waals surface area contributed by atoms with E-state index in [1.807, 2.05) is 46.5 Å². The van der Waals surface area contributed by atoms with Gasteiger partial charge in [0.2, 0.25) is 0 Å². The van der Waals surface area contributed by atoms with Crippen LogP contribution in [0.15, 0.2) is 140 Å². The number of hydrogen-bond donors (Lipinski definition) is 1. The number of nitrogens with zero attached hydrogens (tertiary/aromatic N) is 7. The lowest BCUT2D eigenvalue weighted by molar-refractivity contribution is 0.0445. The maximum atomic E-state index is 11.4. The summed E-state index contributed by atoms with van der Waals surface area (Å²) in [5, 5.41) is 35.2. The summed E-state index contributed by atoms with van der Waals surface area (Å²) >= 11 is 0. The van der Waals surface area contributed by atoms with Crippen molar-refractivity contribution >= 4 is 0 Å². The number of tetrazole rings is 1. The summed E-state index contributed by atoms with van der Waals surface area (Å²) in [5.41, 5.74) is 5.86. The van der Waals surface area contributed by atoms with Crippen LogP contribution in [0.5, 0.6) is 0 Å². The smallest absolute Gasteiger partial charge is 0.184 e. The third-order valence-corrected chi connectivity index (χ3v) is 10.2. The quantitative estimate of drug-likeness (QED) is 0.121. The maximum absolute atomic E-state index is 11.4. The van der Waals surface area contributed by atoms with Crippen LogP contribution in [0.1, 0.15) is 79.5 Å². The van der Waals surface area contributed by atoms with Gasteiger partial charge in [0, 0.05) is 18.5 Å². The van der Waals surface area contributed by atoms with Crippen LogP contribution in [-0.4, -0.2) is 34.9 Å². The molecule has 0 aliphatic heterocycles. The van der Waals surface area contributed by atoms with E-state index in [-0.39, 0.29) is 0 Å². The van der Waals surface area contributed by atoms with E-state index >= 15 is 0 Å². The van der Waals surface area contributed by atoms with Gasteiger partial charge in [-0.3, -0.25) is 0 Å². The molecule has 0 amide bonds. The first-order valence-electron chi connectivity index (χ1n) is 18.3. The summed E-state index contributed by atoms with van der Waals surface area (Å²) < 4.78 is 4.01. The molecular formula is C45H43N7O. The molecule has 0 aliphatic carbocycles. The van der Waals surface area contributed by atoms with Gasteiger partial charge in [0.1, 0.15) is 23.0 Å². The highest BCUT2D eigenvalue weighted by Gasteiger charge is 2.42. The van der Waals surface area contributed by atoms with Crippen LogP contribution >= 0.6 is 0 Å². The summed E-state index contributed by atoms with van der Waals surface area (Å²) in [7, 11) is 0. The molecule has 2 heterocycles. The number of benzene rings is 5. The van der Waals surface area contributed by atoms with Crippen molar-refractivity contribution in [2.75, 3.05) is 0 Å². The monoisotopic (exact) mass is 697 g/mol. The second kappa shape index (κ2) is 15.2. The van der Waals surface area contributed by atoms with Crippen molar-refractivity contribution in [3.63, 3.8) is 0 Å². The number of aryl methyl sites for hydroxylation is 1. The average molecular weight is 698 g/mol. The van der Waals surface area contributed by atoms with Crippen LogP contribution < -0.4 is 0 Å². The lowest BCUT2D eigenvalue weighted by Gasteiger charge is -2.36. The molecule has 5 aromatic carbocycles. The Morgan fingerprint density at radius 1 is 0.717 bits per heavy atom. The summed E-state index contributed by atoms with van der Waals surface area (Å²) in [4.78, 5) is 4.70. The standard InChI is InChI=1S/C45H43N7O/c1-4-6-26-41-47-40(31-46)42(44(3,53)5-2)51(41)32-33-27-29-34(30-28-33)38-24-16-17-25-39(38)43-48-49-50-52(43)45(35-18-10-7-11-19-35,36-20-12-8-13-21-36)37-22-14-9-15-23-37/h7-25,27-30,53H,4-6,26,32H2,1-3H3. The topological polar surface area (TPSA) is 105 Å². The van der Waals surface area contributed by atoms with Gasteiger partial charge in [-0.05, 0) is 63.6 Å². The Labute approximate surface area is 311 Å². The number of rotatable bonds is 13. The number of unbranched alkanes of at least 4 members (excludes halogenated alkanes) is 1. The van der Waals surface area contributed by atoms with Crippen LogP contribution in [-0.2, 0) is 24.1 Å². The lowest BCUT2D eigenvalue weighted by atomic mass is 9.77. The van der Waals surface area contributed by atoms with Gasteiger partial charge in [-0.15, -0.1) is 5.10 Å². The van der Waals surface area contributed by atoms with Gasteiger partial charge < -0.3 is 9.67 Å². The van der Waals surface area contributed by atoms with E-state index in [1.165, 1.54) is 0 Å². The normalized spacial score (nSPS) is 12.7. The number of nitriles is 1. The zero-order chi connectivity index (χ0) is 36.8. The Kier molecular flexibility index (Phi) is 10.1. The van der Waals surface area contributed by atoms with Crippen molar-refractivity contribution in [1.82, 2.24) is 29.8 Å². The molecule has 2 aromatic heterocycles. The zero-order valence-corrected chi connectivity index (χ0v) is 30.4.